The molecule has 2 heterocycles. The molecule has 1 unspecified atom stereocenters. The van der Waals surface area contributed by atoms with E-state index in [1.807, 2.05) is 36.4 Å². The molecule has 0 N–H and O–H groups in total. The van der Waals surface area contributed by atoms with Crippen molar-refractivity contribution >= 4 is 11.6 Å². The second-order valence-corrected chi connectivity index (χ2v) is 6.38. The van der Waals surface area contributed by atoms with Crippen LogP contribution >= 0.6 is 0 Å². The van der Waals surface area contributed by atoms with Gasteiger partial charge in [0.2, 0.25) is 5.91 Å². The number of amides is 1. The fourth-order valence-corrected chi connectivity index (χ4v) is 3.53. The van der Waals surface area contributed by atoms with E-state index in [0.29, 0.717) is 23.6 Å². The molecule has 1 amide bonds. The third-order valence-corrected chi connectivity index (χ3v) is 4.83. The van der Waals surface area contributed by atoms with Crippen LogP contribution in [0.25, 0.3) is 0 Å². The first kappa shape index (κ1) is 16.1. The number of anilines is 1. The molecule has 5 heteroatoms. The van der Waals surface area contributed by atoms with Crippen LogP contribution in [0, 0.1) is 18.3 Å². The minimum atomic E-state index is -0.0827. The number of para-hydroxylation sites is 1. The molecular weight excluding hydrogens is 326 g/mol. The van der Waals surface area contributed by atoms with E-state index in [1.54, 1.807) is 11.8 Å². The zero-order valence-electron chi connectivity index (χ0n) is 14.3. The highest BCUT2D eigenvalue weighted by atomic mass is 16.5. The molecule has 1 atom stereocenters. The smallest absolute Gasteiger partial charge is 0.233 e. The number of nitrogens with zero attached hydrogens (tertiary/aromatic N) is 3. The summed E-state index contributed by atoms with van der Waals surface area (Å²) in [6.45, 7) is 2.26. The molecule has 3 aromatic rings. The zero-order chi connectivity index (χ0) is 18.1. The number of nitriles is 1. The molecule has 26 heavy (non-hydrogen) atoms. The van der Waals surface area contributed by atoms with Crippen LogP contribution in [0.4, 0.5) is 5.69 Å². The SMILES string of the molecule is Cc1onc(CC(=O)N2CC(c3ccccc3)c3ccccc32)c1C#N. The van der Waals surface area contributed by atoms with Gasteiger partial charge in [0, 0.05) is 18.2 Å². The van der Waals surface area contributed by atoms with Crippen LogP contribution in [0.15, 0.2) is 59.1 Å². The van der Waals surface area contributed by atoms with Crippen LogP contribution in [-0.2, 0) is 11.2 Å². The maximum atomic E-state index is 13.0. The van der Waals surface area contributed by atoms with Crippen molar-refractivity contribution in [3.63, 3.8) is 0 Å². The van der Waals surface area contributed by atoms with Crippen molar-refractivity contribution in [1.29, 1.82) is 5.26 Å². The number of rotatable bonds is 3. The number of benzene rings is 2. The van der Waals surface area contributed by atoms with E-state index in [4.69, 9.17) is 4.52 Å². The molecule has 4 rings (SSSR count). The maximum Gasteiger partial charge on any atom is 0.233 e. The van der Waals surface area contributed by atoms with Crippen molar-refractivity contribution in [1.82, 2.24) is 5.16 Å². The molecule has 0 fully saturated rings. The van der Waals surface area contributed by atoms with Gasteiger partial charge in [-0.15, -0.1) is 0 Å². The Bertz CT molecular complexity index is 1000. The third-order valence-electron chi connectivity index (χ3n) is 4.83. The van der Waals surface area contributed by atoms with Crippen LogP contribution in [-0.4, -0.2) is 17.6 Å². The molecule has 0 radical (unpaired) electrons. The van der Waals surface area contributed by atoms with Crippen molar-refractivity contribution < 1.29 is 9.32 Å². The summed E-state index contributed by atoms with van der Waals surface area (Å²) in [7, 11) is 0. The monoisotopic (exact) mass is 343 g/mol. The molecule has 1 aromatic heterocycles. The lowest BCUT2D eigenvalue weighted by atomic mass is 9.93. The van der Waals surface area contributed by atoms with Gasteiger partial charge in [-0.1, -0.05) is 53.7 Å². The topological polar surface area (TPSA) is 70.1 Å². The largest absolute Gasteiger partial charge is 0.360 e. The third kappa shape index (κ3) is 2.66. The van der Waals surface area contributed by atoms with E-state index < -0.39 is 0 Å². The highest BCUT2D eigenvalue weighted by molar-refractivity contribution is 5.97. The Labute approximate surface area is 151 Å². The number of carbonyl (C=O) groups is 1. The minimum Gasteiger partial charge on any atom is -0.360 e. The first-order chi connectivity index (χ1) is 12.7. The standard InChI is InChI=1S/C21H17N3O2/c1-14-17(12-22)19(23-26-14)11-21(25)24-13-18(15-7-3-2-4-8-15)16-9-5-6-10-20(16)24/h2-10,18H,11,13H2,1H3. The van der Waals surface area contributed by atoms with Crippen molar-refractivity contribution in [2.75, 3.05) is 11.4 Å². The van der Waals surface area contributed by atoms with Crippen LogP contribution in [0.1, 0.15) is 34.1 Å². The second-order valence-electron chi connectivity index (χ2n) is 6.38. The van der Waals surface area contributed by atoms with Gasteiger partial charge in [-0.25, -0.2) is 0 Å². The van der Waals surface area contributed by atoms with Gasteiger partial charge >= 0.3 is 0 Å². The first-order valence-electron chi connectivity index (χ1n) is 8.48. The molecule has 0 spiro atoms. The number of aromatic nitrogens is 1. The molecule has 128 valence electrons. The molecule has 2 aromatic carbocycles. The van der Waals surface area contributed by atoms with Crippen LogP contribution in [0.3, 0.4) is 0 Å². The molecular formula is C21H17N3O2. The van der Waals surface area contributed by atoms with Gasteiger partial charge in [0.15, 0.2) is 5.76 Å². The number of hydrogen-bond acceptors (Lipinski definition) is 4. The van der Waals surface area contributed by atoms with E-state index in [9.17, 15) is 10.1 Å². The predicted octanol–water partition coefficient (Wildman–Crippen LogP) is 3.58. The van der Waals surface area contributed by atoms with Gasteiger partial charge in [-0.05, 0) is 24.1 Å². The summed E-state index contributed by atoms with van der Waals surface area (Å²) in [5.74, 6) is 0.505. The Morgan fingerprint density at radius 2 is 1.96 bits per heavy atom. The summed E-state index contributed by atoms with van der Waals surface area (Å²) in [4.78, 5) is 14.8. The molecule has 1 aliphatic heterocycles. The van der Waals surface area contributed by atoms with Crippen LogP contribution in [0.5, 0.6) is 0 Å². The Kier molecular flexibility index (Phi) is 4.02. The van der Waals surface area contributed by atoms with Crippen molar-refractivity contribution in [2.45, 2.75) is 19.3 Å². The fourth-order valence-electron chi connectivity index (χ4n) is 3.53. The lowest BCUT2D eigenvalue weighted by molar-refractivity contribution is -0.118. The Balaban J connectivity index is 1.65. The first-order valence-corrected chi connectivity index (χ1v) is 8.48. The molecule has 0 aliphatic carbocycles. The molecule has 5 nitrogen and oxygen atoms in total. The summed E-state index contributed by atoms with van der Waals surface area (Å²) in [5.41, 5.74) is 4.00. The van der Waals surface area contributed by atoms with E-state index in [1.165, 1.54) is 5.56 Å². The van der Waals surface area contributed by atoms with Gasteiger partial charge in [0.05, 0.1) is 6.42 Å². The number of fused-ring (bicyclic) bond motifs is 1. The van der Waals surface area contributed by atoms with Gasteiger partial charge in [0.1, 0.15) is 17.3 Å². The lowest BCUT2D eigenvalue weighted by Crippen LogP contribution is -2.31. The fraction of sp³-hybridized carbons (Fsp3) is 0.190. The average Bonchev–Trinajstić information content (AvgIpc) is 3.23. The van der Waals surface area contributed by atoms with Crippen molar-refractivity contribution in [2.24, 2.45) is 0 Å². The quantitative estimate of drug-likeness (QED) is 0.729. The minimum absolute atomic E-state index is 0.0517. The second kappa shape index (κ2) is 6.49. The van der Waals surface area contributed by atoms with Crippen molar-refractivity contribution in [3.8, 4) is 6.07 Å². The predicted molar refractivity (Wildman–Crippen MR) is 96.7 cm³/mol. The van der Waals surface area contributed by atoms with Gasteiger partial charge in [0.25, 0.3) is 0 Å². The van der Waals surface area contributed by atoms with E-state index in [-0.39, 0.29) is 18.2 Å². The van der Waals surface area contributed by atoms with Gasteiger partial charge < -0.3 is 9.42 Å². The summed E-state index contributed by atoms with van der Waals surface area (Å²) in [6.07, 6.45) is 0.0517. The van der Waals surface area contributed by atoms with Crippen LogP contribution < -0.4 is 4.90 Å². The number of hydrogen-bond donors (Lipinski definition) is 0. The van der Waals surface area contributed by atoms with Crippen molar-refractivity contribution in [3.05, 3.63) is 82.7 Å². The summed E-state index contributed by atoms with van der Waals surface area (Å²) in [6, 6.07) is 20.2. The summed E-state index contributed by atoms with van der Waals surface area (Å²) in [5, 5.41) is 13.1. The molecule has 0 saturated heterocycles. The maximum absolute atomic E-state index is 13.0. The number of aryl methyl sites for hydroxylation is 1. The summed E-state index contributed by atoms with van der Waals surface area (Å²) >= 11 is 0. The normalized spacial score (nSPS) is 15.5. The van der Waals surface area contributed by atoms with E-state index in [2.05, 4.69) is 29.4 Å². The highest BCUT2D eigenvalue weighted by Gasteiger charge is 2.33. The Morgan fingerprint density at radius 1 is 1.23 bits per heavy atom. The average molecular weight is 343 g/mol. The zero-order valence-corrected chi connectivity index (χ0v) is 14.3. The lowest BCUT2D eigenvalue weighted by Gasteiger charge is -2.17. The van der Waals surface area contributed by atoms with E-state index in [0.717, 1.165) is 11.3 Å². The Hall–Kier alpha value is -3.39. The molecule has 0 saturated carbocycles. The molecule has 1 aliphatic rings. The van der Waals surface area contributed by atoms with Gasteiger partial charge in [-0.2, -0.15) is 5.26 Å². The van der Waals surface area contributed by atoms with E-state index >= 15 is 0 Å². The van der Waals surface area contributed by atoms with Crippen LogP contribution in [0.2, 0.25) is 0 Å². The molecule has 0 bridgehead atoms. The van der Waals surface area contributed by atoms with Gasteiger partial charge in [-0.3, -0.25) is 4.79 Å². The highest BCUT2D eigenvalue weighted by Crippen LogP contribution is 2.40. The number of carbonyl (C=O) groups excluding carboxylic acids is 1. The Morgan fingerprint density at radius 3 is 2.73 bits per heavy atom. The summed E-state index contributed by atoms with van der Waals surface area (Å²) < 4.78 is 5.07.